The van der Waals surface area contributed by atoms with Crippen LogP contribution in [0.25, 0.3) is 0 Å². The zero-order valence-corrected chi connectivity index (χ0v) is 24.1. The van der Waals surface area contributed by atoms with Gasteiger partial charge in [0.25, 0.3) is 0 Å². The third-order valence-corrected chi connectivity index (χ3v) is 8.34. The van der Waals surface area contributed by atoms with Gasteiger partial charge >= 0.3 is 6.18 Å². The van der Waals surface area contributed by atoms with Crippen LogP contribution in [0.2, 0.25) is 0 Å². The zero-order valence-electron chi connectivity index (χ0n) is 24.1. The number of hydrogen-bond acceptors (Lipinski definition) is 6. The third-order valence-electron chi connectivity index (χ3n) is 8.34. The number of halogens is 3. The van der Waals surface area contributed by atoms with Crippen LogP contribution < -0.4 is 4.74 Å². The summed E-state index contributed by atoms with van der Waals surface area (Å²) in [5.41, 5.74) is -0.747. The highest BCUT2D eigenvalue weighted by molar-refractivity contribution is 5.30. The van der Waals surface area contributed by atoms with Crippen molar-refractivity contribution in [1.29, 1.82) is 0 Å². The number of benzene rings is 1. The summed E-state index contributed by atoms with van der Waals surface area (Å²) in [5, 5.41) is 0. The van der Waals surface area contributed by atoms with Crippen LogP contribution >= 0.6 is 0 Å². The Morgan fingerprint density at radius 3 is 2.50 bits per heavy atom. The monoisotopic (exact) mass is 592 g/mol. The number of rotatable bonds is 9. The smallest absolute Gasteiger partial charge is 0.416 e. The summed E-state index contributed by atoms with van der Waals surface area (Å²) in [6.45, 7) is 1.38. The minimum Gasteiger partial charge on any atom is -0.498 e. The molecule has 2 saturated heterocycles. The zero-order chi connectivity index (χ0) is 29.2. The molecule has 1 aromatic rings. The lowest BCUT2D eigenvalue weighted by atomic mass is 9.89. The minimum atomic E-state index is -4.44. The fourth-order valence-electron chi connectivity index (χ4n) is 6.11. The van der Waals surface area contributed by atoms with Crippen molar-refractivity contribution >= 4 is 0 Å². The quantitative estimate of drug-likeness (QED) is 0.274. The Hall–Kier alpha value is -2.33. The van der Waals surface area contributed by atoms with Gasteiger partial charge in [-0.25, -0.2) is 0 Å². The SMILES string of the molecule is FC(F)(F)c1cccc(OC[C@@H](/C=C/[C@@H]2[C@H]3C/C=C\CCC=CO[C@H]3C[C@H]2OC2CCCCO2)OC2CCCCO2)c1. The second-order valence-electron chi connectivity index (χ2n) is 11.5. The first-order valence-corrected chi connectivity index (χ1v) is 15.4. The van der Waals surface area contributed by atoms with Crippen LogP contribution in [0, 0.1) is 11.8 Å². The van der Waals surface area contributed by atoms with Crippen molar-refractivity contribution in [1.82, 2.24) is 0 Å². The van der Waals surface area contributed by atoms with Gasteiger partial charge in [0.15, 0.2) is 12.6 Å². The number of ether oxygens (including phenoxy) is 6. The van der Waals surface area contributed by atoms with Crippen molar-refractivity contribution in [3.8, 4) is 5.75 Å². The van der Waals surface area contributed by atoms with Gasteiger partial charge in [-0.2, -0.15) is 13.2 Å². The molecule has 2 unspecified atom stereocenters. The highest BCUT2D eigenvalue weighted by atomic mass is 19.4. The van der Waals surface area contributed by atoms with Crippen LogP contribution in [0.3, 0.4) is 0 Å². The molecule has 42 heavy (non-hydrogen) atoms. The molecule has 6 nitrogen and oxygen atoms in total. The molecule has 1 saturated carbocycles. The predicted octanol–water partition coefficient (Wildman–Crippen LogP) is 7.74. The molecule has 0 N–H and O–H groups in total. The van der Waals surface area contributed by atoms with E-state index in [2.05, 4.69) is 24.3 Å². The van der Waals surface area contributed by atoms with E-state index in [1.54, 1.807) is 0 Å². The first-order valence-electron chi connectivity index (χ1n) is 15.4. The molecule has 232 valence electrons. The summed E-state index contributed by atoms with van der Waals surface area (Å²) < 4.78 is 76.5. The van der Waals surface area contributed by atoms with E-state index in [0.29, 0.717) is 13.2 Å². The molecule has 0 spiro atoms. The lowest BCUT2D eigenvalue weighted by Gasteiger charge is -2.30. The van der Waals surface area contributed by atoms with E-state index in [9.17, 15) is 13.2 Å². The second-order valence-corrected chi connectivity index (χ2v) is 11.5. The van der Waals surface area contributed by atoms with Crippen molar-refractivity contribution < 1.29 is 41.6 Å². The van der Waals surface area contributed by atoms with Crippen molar-refractivity contribution in [3.05, 3.63) is 66.5 Å². The lowest BCUT2D eigenvalue weighted by Crippen LogP contribution is -2.32. The van der Waals surface area contributed by atoms with Gasteiger partial charge in [0.1, 0.15) is 24.6 Å². The fourth-order valence-corrected chi connectivity index (χ4v) is 6.11. The van der Waals surface area contributed by atoms with Gasteiger partial charge in [-0.1, -0.05) is 30.4 Å². The highest BCUT2D eigenvalue weighted by Crippen LogP contribution is 2.41. The fraction of sp³-hybridized carbons (Fsp3) is 0.636. The third kappa shape index (κ3) is 9.09. The Labute approximate surface area is 246 Å². The number of hydrogen-bond donors (Lipinski definition) is 0. The van der Waals surface area contributed by atoms with E-state index < -0.39 is 17.8 Å². The topological polar surface area (TPSA) is 55.4 Å². The summed E-state index contributed by atoms with van der Waals surface area (Å²) in [4.78, 5) is 0. The summed E-state index contributed by atoms with van der Waals surface area (Å²) in [7, 11) is 0. The maximum Gasteiger partial charge on any atom is 0.416 e. The number of alkyl halides is 3. The molecule has 0 bridgehead atoms. The maximum absolute atomic E-state index is 13.3. The van der Waals surface area contributed by atoms with Gasteiger partial charge in [0, 0.05) is 31.5 Å². The molecule has 0 amide bonds. The highest BCUT2D eigenvalue weighted by Gasteiger charge is 2.44. The van der Waals surface area contributed by atoms with E-state index in [-0.39, 0.29) is 49.0 Å². The average molecular weight is 593 g/mol. The summed E-state index contributed by atoms with van der Waals surface area (Å²) in [6.07, 6.45) is 16.0. The van der Waals surface area contributed by atoms with Crippen LogP contribution in [-0.2, 0) is 29.9 Å². The molecule has 4 aliphatic rings. The first kappa shape index (κ1) is 31.1. The Morgan fingerprint density at radius 2 is 1.74 bits per heavy atom. The second kappa shape index (κ2) is 15.4. The normalized spacial score (nSPS) is 32.2. The number of fused-ring (bicyclic) bond motifs is 1. The van der Waals surface area contributed by atoms with Crippen LogP contribution in [0.1, 0.15) is 69.8 Å². The molecule has 0 radical (unpaired) electrons. The van der Waals surface area contributed by atoms with E-state index >= 15 is 0 Å². The van der Waals surface area contributed by atoms with E-state index in [0.717, 1.165) is 76.3 Å². The van der Waals surface area contributed by atoms with Crippen LogP contribution in [0.5, 0.6) is 5.75 Å². The predicted molar refractivity (Wildman–Crippen MR) is 152 cm³/mol. The van der Waals surface area contributed by atoms with Gasteiger partial charge < -0.3 is 28.4 Å². The van der Waals surface area contributed by atoms with Crippen molar-refractivity contribution in [2.45, 2.75) is 101 Å². The van der Waals surface area contributed by atoms with Gasteiger partial charge in [-0.05, 0) is 82.1 Å². The molecule has 5 rings (SSSR count). The van der Waals surface area contributed by atoms with Crippen molar-refractivity contribution in [2.75, 3.05) is 19.8 Å². The van der Waals surface area contributed by atoms with Gasteiger partial charge in [0.2, 0.25) is 0 Å². The molecule has 1 aromatic carbocycles. The lowest BCUT2D eigenvalue weighted by molar-refractivity contribution is -0.193. The number of allylic oxidation sites excluding steroid dienone is 3. The van der Waals surface area contributed by atoms with Crippen LogP contribution in [0.4, 0.5) is 13.2 Å². The molecule has 7 atom stereocenters. The molecular formula is C33H43F3O6. The van der Waals surface area contributed by atoms with E-state index in [1.165, 1.54) is 12.1 Å². The molecular weight excluding hydrogens is 549 g/mol. The molecule has 9 heteroatoms. The van der Waals surface area contributed by atoms with Crippen LogP contribution in [0.15, 0.2) is 60.9 Å². The molecule has 1 aliphatic carbocycles. The Kier molecular flexibility index (Phi) is 11.4. The molecule has 3 aliphatic heterocycles. The van der Waals surface area contributed by atoms with Gasteiger partial charge in [-0.3, -0.25) is 0 Å². The summed E-state index contributed by atoms with van der Waals surface area (Å²) in [5.74, 6) is 0.361. The van der Waals surface area contributed by atoms with Crippen molar-refractivity contribution in [3.63, 3.8) is 0 Å². The minimum absolute atomic E-state index is 0.00496. The van der Waals surface area contributed by atoms with Gasteiger partial charge in [0.05, 0.1) is 17.9 Å². The van der Waals surface area contributed by atoms with Crippen LogP contribution in [-0.4, -0.2) is 50.7 Å². The standard InChI is InChI=1S/C33H43F3O6/c34-33(35,36)24-11-10-12-25(21-24)40-23-26(41-31-14-5-8-19-38-31)16-17-28-27-13-4-2-1-3-7-18-37-29(27)22-30(28)42-32-15-6-9-20-39-32/h2,4,7,10-12,16-18,21,26-32H,1,3,5-6,8-9,13-15,19-20,22-23H2/b4-2-,17-16+,18-7?/t26-,27-,28-,29+,30-,31?,32?/m1/s1. The largest absolute Gasteiger partial charge is 0.498 e. The van der Waals surface area contributed by atoms with E-state index in [1.807, 2.05) is 12.3 Å². The molecule has 0 aromatic heterocycles. The Morgan fingerprint density at radius 1 is 0.952 bits per heavy atom. The summed E-state index contributed by atoms with van der Waals surface area (Å²) >= 11 is 0. The van der Waals surface area contributed by atoms with Crippen molar-refractivity contribution in [2.24, 2.45) is 11.8 Å². The summed E-state index contributed by atoms with van der Waals surface area (Å²) in [6, 6.07) is 4.93. The molecule has 3 heterocycles. The Balaban J connectivity index is 1.34. The first-order chi connectivity index (χ1) is 20.5. The molecule has 3 fully saturated rings. The average Bonchev–Trinajstić information content (AvgIpc) is 3.32. The van der Waals surface area contributed by atoms with Gasteiger partial charge in [-0.15, -0.1) is 0 Å². The maximum atomic E-state index is 13.3. The van der Waals surface area contributed by atoms with E-state index in [4.69, 9.17) is 28.4 Å². The Bertz CT molecular complexity index is 1040.